The molecule has 7 nitrogen and oxygen atoms in total. The van der Waals surface area contributed by atoms with Gasteiger partial charge in [-0.15, -0.1) is 0 Å². The van der Waals surface area contributed by atoms with E-state index in [0.29, 0.717) is 35.9 Å². The molecule has 0 unspecified atom stereocenters. The molecule has 4 N–H and O–H groups in total. The Kier molecular flexibility index (Phi) is 8.57. The first-order valence-electron chi connectivity index (χ1n) is 9.32. The van der Waals surface area contributed by atoms with Gasteiger partial charge in [0.25, 0.3) is 0 Å². The summed E-state index contributed by atoms with van der Waals surface area (Å²) in [5, 5.41) is 32.3. The first-order chi connectivity index (χ1) is 13.8. The second-order valence-electron chi connectivity index (χ2n) is 6.53. The molecule has 2 aromatic rings. The van der Waals surface area contributed by atoms with E-state index in [0.717, 1.165) is 5.56 Å². The van der Waals surface area contributed by atoms with Gasteiger partial charge in [0.1, 0.15) is 5.75 Å². The predicted octanol–water partition coefficient (Wildman–Crippen LogP) is 3.16. The van der Waals surface area contributed by atoms with E-state index in [1.54, 1.807) is 24.3 Å². The van der Waals surface area contributed by atoms with Gasteiger partial charge >= 0.3 is 5.97 Å². The van der Waals surface area contributed by atoms with E-state index in [9.17, 15) is 15.0 Å². The lowest BCUT2D eigenvalue weighted by molar-refractivity contribution is -0.139. The third-order valence-electron chi connectivity index (χ3n) is 4.33. The molecule has 0 aliphatic carbocycles. The van der Waals surface area contributed by atoms with Crippen LogP contribution in [0.4, 0.5) is 0 Å². The van der Waals surface area contributed by atoms with E-state index in [-0.39, 0.29) is 17.5 Å². The molecule has 0 bridgehead atoms. The number of phenols is 1. The van der Waals surface area contributed by atoms with Crippen LogP contribution in [0, 0.1) is 0 Å². The van der Waals surface area contributed by atoms with Gasteiger partial charge in [0.05, 0.1) is 12.7 Å². The van der Waals surface area contributed by atoms with E-state index < -0.39 is 18.7 Å². The summed E-state index contributed by atoms with van der Waals surface area (Å²) in [7, 11) is 0. The molecule has 0 aliphatic rings. The molecule has 0 fully saturated rings. The highest BCUT2D eigenvalue weighted by molar-refractivity contribution is 6.31. The Bertz CT molecular complexity index is 812. The topological polar surface area (TPSA) is 108 Å². The lowest BCUT2D eigenvalue weighted by Gasteiger charge is -2.21. The fourth-order valence-corrected chi connectivity index (χ4v) is 3.04. The number of carbonyl (C=O) groups is 1. The van der Waals surface area contributed by atoms with Crippen LogP contribution in [0.1, 0.15) is 31.1 Å². The molecule has 0 amide bonds. The maximum atomic E-state index is 10.7. The second kappa shape index (κ2) is 10.9. The fourth-order valence-electron chi connectivity index (χ4n) is 2.80. The second-order valence-corrected chi connectivity index (χ2v) is 6.94. The summed E-state index contributed by atoms with van der Waals surface area (Å²) in [5.74, 6) is -0.215. The van der Waals surface area contributed by atoms with Crippen LogP contribution >= 0.6 is 11.6 Å². The molecule has 0 radical (unpaired) electrons. The largest absolute Gasteiger partial charge is 0.508 e. The average Bonchev–Trinajstić information content (AvgIpc) is 2.69. The number of aliphatic carboxylic acids is 1. The van der Waals surface area contributed by atoms with Gasteiger partial charge in [0, 0.05) is 17.1 Å². The van der Waals surface area contributed by atoms with Crippen molar-refractivity contribution in [1.82, 2.24) is 5.32 Å². The van der Waals surface area contributed by atoms with Crippen LogP contribution in [-0.4, -0.2) is 47.1 Å². The van der Waals surface area contributed by atoms with Gasteiger partial charge in [0.2, 0.25) is 0 Å². The Labute approximate surface area is 174 Å². The van der Waals surface area contributed by atoms with Crippen LogP contribution in [0.5, 0.6) is 17.2 Å². The number of hydrogen-bond donors (Lipinski definition) is 4. The summed E-state index contributed by atoms with van der Waals surface area (Å²) in [5.41, 5.74) is 1.52. The van der Waals surface area contributed by atoms with Gasteiger partial charge in [-0.25, -0.2) is 4.79 Å². The molecule has 0 aliphatic heterocycles. The van der Waals surface area contributed by atoms with Crippen LogP contribution in [0.2, 0.25) is 5.02 Å². The highest BCUT2D eigenvalue weighted by atomic mass is 35.5. The lowest BCUT2D eigenvalue weighted by Crippen LogP contribution is -2.33. The number of carboxylic acid groups (broad SMARTS) is 1. The molecule has 0 saturated carbocycles. The highest BCUT2D eigenvalue weighted by Crippen LogP contribution is 2.34. The van der Waals surface area contributed by atoms with Crippen LogP contribution in [0.15, 0.2) is 36.4 Å². The molecule has 158 valence electrons. The smallest absolute Gasteiger partial charge is 0.341 e. The Morgan fingerprint density at radius 2 is 1.83 bits per heavy atom. The van der Waals surface area contributed by atoms with Crippen molar-refractivity contribution in [1.29, 1.82) is 0 Å². The number of aliphatic hydroxyl groups is 1. The Hall–Kier alpha value is -2.48. The number of benzene rings is 2. The number of aliphatic hydroxyl groups excluding tert-OH is 1. The first-order valence-corrected chi connectivity index (χ1v) is 9.69. The summed E-state index contributed by atoms with van der Waals surface area (Å²) in [6, 6.07) is 9.51. The zero-order chi connectivity index (χ0) is 21.4. The zero-order valence-electron chi connectivity index (χ0n) is 16.4. The molecule has 2 atom stereocenters. The van der Waals surface area contributed by atoms with Crippen molar-refractivity contribution in [2.75, 3.05) is 19.8 Å². The summed E-state index contributed by atoms with van der Waals surface area (Å²) in [4.78, 5) is 10.7. The van der Waals surface area contributed by atoms with Crippen molar-refractivity contribution in [3.05, 3.63) is 52.5 Å². The van der Waals surface area contributed by atoms with E-state index in [2.05, 4.69) is 5.32 Å². The number of hydrogen-bond acceptors (Lipinski definition) is 6. The van der Waals surface area contributed by atoms with Gasteiger partial charge in [0.15, 0.2) is 18.1 Å². The normalized spacial score (nSPS) is 13.0. The van der Waals surface area contributed by atoms with Gasteiger partial charge in [-0.05, 0) is 56.1 Å². The van der Waals surface area contributed by atoms with Crippen molar-refractivity contribution in [3.8, 4) is 17.2 Å². The van der Waals surface area contributed by atoms with Crippen LogP contribution in [0.25, 0.3) is 0 Å². The maximum absolute atomic E-state index is 10.7. The van der Waals surface area contributed by atoms with Crippen molar-refractivity contribution < 1.29 is 29.6 Å². The minimum Gasteiger partial charge on any atom is -0.508 e. The number of phenolic OH excluding ortho intramolecular Hbond substituents is 1. The van der Waals surface area contributed by atoms with Crippen LogP contribution in [-0.2, 0) is 11.2 Å². The molecular formula is C21H26ClNO6. The van der Waals surface area contributed by atoms with Crippen molar-refractivity contribution >= 4 is 17.6 Å². The maximum Gasteiger partial charge on any atom is 0.341 e. The van der Waals surface area contributed by atoms with Crippen LogP contribution < -0.4 is 14.8 Å². The summed E-state index contributed by atoms with van der Waals surface area (Å²) >= 11 is 6.32. The Morgan fingerprint density at radius 1 is 1.17 bits per heavy atom. The lowest BCUT2D eigenvalue weighted by atomic mass is 10.0. The summed E-state index contributed by atoms with van der Waals surface area (Å²) in [6.07, 6.45) is -0.151. The Balaban J connectivity index is 1.99. The van der Waals surface area contributed by atoms with Crippen LogP contribution in [0.3, 0.4) is 0 Å². The standard InChI is InChI=1S/C21H26ClNO6/c1-3-28-18-10-15(17(22)11-19(18)29-12-20(25)26)8-9-23-13(2)21(27)14-4-6-16(24)7-5-14/h4-7,10-11,13,21,23-24,27H,3,8-9,12H2,1-2H3,(H,25,26)/t13-,21-/m0/s1. The third-order valence-corrected chi connectivity index (χ3v) is 4.68. The number of aromatic hydroxyl groups is 1. The predicted molar refractivity (Wildman–Crippen MR) is 110 cm³/mol. The van der Waals surface area contributed by atoms with E-state index in [1.807, 2.05) is 13.8 Å². The number of rotatable bonds is 11. The number of carboxylic acids is 1. The molecule has 8 heteroatoms. The molecule has 0 heterocycles. The summed E-state index contributed by atoms with van der Waals surface area (Å²) in [6.45, 7) is 4.16. The molecule has 2 aromatic carbocycles. The summed E-state index contributed by atoms with van der Waals surface area (Å²) < 4.78 is 10.8. The number of halogens is 1. The minimum atomic E-state index is -1.09. The number of nitrogens with one attached hydrogen (secondary N) is 1. The minimum absolute atomic E-state index is 0.150. The molecule has 0 spiro atoms. The van der Waals surface area contributed by atoms with Gasteiger partial charge in [-0.1, -0.05) is 23.7 Å². The third kappa shape index (κ3) is 6.81. The van der Waals surface area contributed by atoms with Gasteiger partial charge < -0.3 is 30.1 Å². The molecule has 0 aromatic heterocycles. The van der Waals surface area contributed by atoms with E-state index in [1.165, 1.54) is 12.1 Å². The molecular weight excluding hydrogens is 398 g/mol. The quantitative estimate of drug-likeness (QED) is 0.439. The van der Waals surface area contributed by atoms with Crippen molar-refractivity contribution in [3.63, 3.8) is 0 Å². The highest BCUT2D eigenvalue weighted by Gasteiger charge is 2.17. The average molecular weight is 424 g/mol. The van der Waals surface area contributed by atoms with Crippen molar-refractivity contribution in [2.45, 2.75) is 32.4 Å². The first kappa shape index (κ1) is 22.8. The molecule has 0 saturated heterocycles. The molecule has 2 rings (SSSR count). The molecule has 29 heavy (non-hydrogen) atoms. The van der Waals surface area contributed by atoms with E-state index >= 15 is 0 Å². The monoisotopic (exact) mass is 423 g/mol. The van der Waals surface area contributed by atoms with Crippen molar-refractivity contribution in [2.24, 2.45) is 0 Å². The number of ether oxygens (including phenoxy) is 2. The SMILES string of the molecule is CCOc1cc(CCN[C@@H](C)[C@H](O)c2ccc(O)cc2)c(Cl)cc1OCC(=O)O. The van der Waals surface area contributed by atoms with E-state index in [4.69, 9.17) is 26.2 Å². The van der Waals surface area contributed by atoms with Gasteiger partial charge in [-0.2, -0.15) is 0 Å². The zero-order valence-corrected chi connectivity index (χ0v) is 17.1. The Morgan fingerprint density at radius 3 is 2.45 bits per heavy atom. The fraction of sp³-hybridized carbons (Fsp3) is 0.381. The van der Waals surface area contributed by atoms with Gasteiger partial charge in [-0.3, -0.25) is 0 Å².